The molecule has 1 saturated heterocycles. The molecule has 0 unspecified atom stereocenters. The van der Waals surface area contributed by atoms with E-state index in [1.54, 1.807) is 11.3 Å². The molecule has 1 aromatic rings. The van der Waals surface area contributed by atoms with Crippen molar-refractivity contribution in [3.63, 3.8) is 0 Å². The van der Waals surface area contributed by atoms with Crippen LogP contribution < -0.4 is 5.32 Å². The molecule has 0 aliphatic carbocycles. The summed E-state index contributed by atoms with van der Waals surface area (Å²) in [4.78, 5) is 17.2. The number of amides is 1. The van der Waals surface area contributed by atoms with E-state index in [4.69, 9.17) is 0 Å². The summed E-state index contributed by atoms with van der Waals surface area (Å²) in [7, 11) is -2.98. The fraction of sp³-hybridized carbons (Fsp3) is 0.667. The Balaban J connectivity index is 1.69. The molecule has 1 aliphatic rings. The van der Waals surface area contributed by atoms with Gasteiger partial charge in [0.2, 0.25) is 5.91 Å². The molecule has 0 bridgehead atoms. The van der Waals surface area contributed by atoms with Crippen LogP contribution in [0, 0.1) is 12.8 Å². The molecule has 1 amide bonds. The molecule has 5 nitrogen and oxygen atoms in total. The lowest BCUT2D eigenvalue weighted by molar-refractivity contribution is -0.124. The molecule has 2 rings (SSSR count). The number of rotatable bonds is 5. The van der Waals surface area contributed by atoms with Gasteiger partial charge in [0.1, 0.15) is 0 Å². The summed E-state index contributed by atoms with van der Waals surface area (Å²) in [6.07, 6.45) is 2.22. The Labute approximate surface area is 117 Å². The first-order valence-corrected chi connectivity index (χ1v) is 9.05. The zero-order valence-corrected chi connectivity index (χ0v) is 12.5. The van der Waals surface area contributed by atoms with Crippen LogP contribution in [0.15, 0.2) is 5.51 Å². The van der Waals surface area contributed by atoms with Crippen molar-refractivity contribution in [2.75, 3.05) is 18.1 Å². The number of carbonyl (C=O) groups excluding carboxylic acids is 1. The highest BCUT2D eigenvalue weighted by Gasteiger charge is 2.32. The van der Waals surface area contributed by atoms with Gasteiger partial charge >= 0.3 is 0 Å². The largest absolute Gasteiger partial charge is 0.356 e. The number of hydrogen-bond acceptors (Lipinski definition) is 5. The molecule has 2 heterocycles. The number of sulfone groups is 1. The molecule has 0 spiro atoms. The van der Waals surface area contributed by atoms with Crippen molar-refractivity contribution in [1.29, 1.82) is 0 Å². The van der Waals surface area contributed by atoms with E-state index in [0.717, 1.165) is 18.5 Å². The minimum Gasteiger partial charge on any atom is -0.356 e. The Hall–Kier alpha value is -0.950. The van der Waals surface area contributed by atoms with E-state index in [2.05, 4.69) is 10.3 Å². The van der Waals surface area contributed by atoms with Crippen LogP contribution in [0.3, 0.4) is 0 Å². The Kier molecular flexibility index (Phi) is 4.57. The fourth-order valence-electron chi connectivity index (χ4n) is 2.17. The molecule has 1 atom stereocenters. The smallest absolute Gasteiger partial charge is 0.224 e. The molecule has 1 fully saturated rings. The van der Waals surface area contributed by atoms with Crippen LogP contribution in [0.25, 0.3) is 0 Å². The lowest BCUT2D eigenvalue weighted by Gasteiger charge is -2.08. The van der Waals surface area contributed by atoms with Gasteiger partial charge in [-0.2, -0.15) is 0 Å². The second-order valence-corrected chi connectivity index (χ2v) is 8.02. The van der Waals surface area contributed by atoms with Gasteiger partial charge in [-0.25, -0.2) is 13.4 Å². The number of aromatic nitrogens is 1. The van der Waals surface area contributed by atoms with Crippen molar-refractivity contribution in [2.24, 2.45) is 5.92 Å². The summed E-state index contributed by atoms with van der Waals surface area (Å²) in [6, 6.07) is 0. The molecule has 0 aromatic carbocycles. The molecule has 0 radical (unpaired) electrons. The zero-order chi connectivity index (χ0) is 13.9. The van der Waals surface area contributed by atoms with Gasteiger partial charge < -0.3 is 5.32 Å². The van der Waals surface area contributed by atoms with E-state index >= 15 is 0 Å². The second-order valence-electron chi connectivity index (χ2n) is 4.86. The van der Waals surface area contributed by atoms with Crippen LogP contribution in [0.4, 0.5) is 0 Å². The van der Waals surface area contributed by atoms with Crippen molar-refractivity contribution in [3.05, 3.63) is 16.1 Å². The highest BCUT2D eigenvalue weighted by Crippen LogP contribution is 2.18. The number of hydrogen-bond donors (Lipinski definition) is 1. The number of carbonyl (C=O) groups is 1. The van der Waals surface area contributed by atoms with Gasteiger partial charge in [-0.3, -0.25) is 4.79 Å². The quantitative estimate of drug-likeness (QED) is 0.821. The molecular weight excluding hydrogens is 284 g/mol. The lowest BCUT2D eigenvalue weighted by Crippen LogP contribution is -2.32. The third-order valence-electron chi connectivity index (χ3n) is 3.33. The molecule has 106 valence electrons. The summed E-state index contributed by atoms with van der Waals surface area (Å²) < 4.78 is 22.6. The van der Waals surface area contributed by atoms with Crippen LogP contribution in [0.5, 0.6) is 0 Å². The van der Waals surface area contributed by atoms with Crippen molar-refractivity contribution < 1.29 is 13.2 Å². The topological polar surface area (TPSA) is 76.1 Å². The summed E-state index contributed by atoms with van der Waals surface area (Å²) in [6.45, 7) is 2.57. The molecule has 1 aromatic heterocycles. The predicted octanol–water partition coefficient (Wildman–Crippen LogP) is 0.935. The summed E-state index contributed by atoms with van der Waals surface area (Å²) in [5, 5.41) is 2.83. The highest BCUT2D eigenvalue weighted by atomic mass is 32.2. The molecule has 0 saturated carbocycles. The van der Waals surface area contributed by atoms with E-state index in [-0.39, 0.29) is 23.3 Å². The van der Waals surface area contributed by atoms with E-state index in [1.807, 2.05) is 12.4 Å². The van der Waals surface area contributed by atoms with Crippen LogP contribution in [0.2, 0.25) is 0 Å². The maximum absolute atomic E-state index is 11.8. The Morgan fingerprint density at radius 1 is 1.58 bits per heavy atom. The maximum Gasteiger partial charge on any atom is 0.224 e. The first-order valence-electron chi connectivity index (χ1n) is 6.35. The van der Waals surface area contributed by atoms with Crippen molar-refractivity contribution in [3.8, 4) is 0 Å². The normalized spacial score (nSPS) is 21.4. The van der Waals surface area contributed by atoms with Gasteiger partial charge in [-0.1, -0.05) is 0 Å². The van der Waals surface area contributed by atoms with E-state index in [0.29, 0.717) is 13.0 Å². The first kappa shape index (κ1) is 14.5. The molecule has 1 aliphatic heterocycles. The summed E-state index contributed by atoms with van der Waals surface area (Å²) in [5.74, 6) is -0.324. The summed E-state index contributed by atoms with van der Waals surface area (Å²) in [5.41, 5.74) is 2.88. The van der Waals surface area contributed by atoms with Gasteiger partial charge in [0, 0.05) is 11.4 Å². The molecular formula is C12H18N2O3S2. The van der Waals surface area contributed by atoms with Crippen LogP contribution in [0.1, 0.15) is 23.4 Å². The highest BCUT2D eigenvalue weighted by molar-refractivity contribution is 7.91. The maximum atomic E-state index is 11.8. The van der Waals surface area contributed by atoms with E-state index in [1.165, 1.54) is 4.88 Å². The standard InChI is InChI=1S/C12H18N2O3S2/c1-9-11(18-8-14-9)3-2-5-13-12(15)10-4-6-19(16,17)7-10/h8,10H,2-7H2,1H3,(H,13,15)/t10-/m0/s1. The van der Waals surface area contributed by atoms with Crippen molar-refractivity contribution in [1.82, 2.24) is 10.3 Å². The number of thiazole rings is 1. The number of nitrogens with zero attached hydrogens (tertiary/aromatic N) is 1. The molecule has 19 heavy (non-hydrogen) atoms. The molecule has 1 N–H and O–H groups in total. The van der Waals surface area contributed by atoms with Crippen molar-refractivity contribution in [2.45, 2.75) is 26.2 Å². The van der Waals surface area contributed by atoms with E-state index < -0.39 is 9.84 Å². The van der Waals surface area contributed by atoms with Gasteiger partial charge in [0.25, 0.3) is 0 Å². The van der Waals surface area contributed by atoms with Crippen LogP contribution in [-0.2, 0) is 21.1 Å². The Morgan fingerprint density at radius 2 is 2.37 bits per heavy atom. The van der Waals surface area contributed by atoms with Gasteiger partial charge in [-0.05, 0) is 26.2 Å². The lowest BCUT2D eigenvalue weighted by atomic mass is 10.1. The van der Waals surface area contributed by atoms with E-state index in [9.17, 15) is 13.2 Å². The second kappa shape index (κ2) is 6.00. The minimum absolute atomic E-state index is 0.00673. The first-order chi connectivity index (χ1) is 8.98. The Bertz CT molecular complexity index is 551. The average Bonchev–Trinajstić information content (AvgIpc) is 2.91. The van der Waals surface area contributed by atoms with Crippen LogP contribution in [-0.4, -0.2) is 37.4 Å². The van der Waals surface area contributed by atoms with Crippen molar-refractivity contribution >= 4 is 27.1 Å². The average molecular weight is 302 g/mol. The van der Waals surface area contributed by atoms with Crippen LogP contribution >= 0.6 is 11.3 Å². The fourth-order valence-corrected chi connectivity index (χ4v) is 4.74. The third-order valence-corrected chi connectivity index (χ3v) is 6.09. The van der Waals surface area contributed by atoms with Gasteiger partial charge in [-0.15, -0.1) is 11.3 Å². The Morgan fingerprint density at radius 3 is 2.95 bits per heavy atom. The SMILES string of the molecule is Cc1ncsc1CCCNC(=O)[C@H]1CCS(=O)(=O)C1. The van der Waals surface area contributed by atoms with Gasteiger partial charge in [0.15, 0.2) is 9.84 Å². The monoisotopic (exact) mass is 302 g/mol. The molecule has 7 heteroatoms. The zero-order valence-electron chi connectivity index (χ0n) is 10.9. The van der Waals surface area contributed by atoms with Gasteiger partial charge in [0.05, 0.1) is 28.6 Å². The number of aryl methyl sites for hydroxylation is 2. The predicted molar refractivity (Wildman–Crippen MR) is 74.9 cm³/mol. The number of nitrogens with one attached hydrogen (secondary N) is 1. The minimum atomic E-state index is -2.98. The third kappa shape index (κ3) is 4.01. The summed E-state index contributed by atoms with van der Waals surface area (Å²) >= 11 is 1.63.